The molecule has 0 radical (unpaired) electrons. The highest BCUT2D eigenvalue weighted by molar-refractivity contribution is 7.22. The summed E-state index contributed by atoms with van der Waals surface area (Å²) in [5, 5.41) is 1.01. The zero-order chi connectivity index (χ0) is 22.5. The smallest absolute Gasteiger partial charge is 0.330 e. The lowest BCUT2D eigenvalue weighted by Crippen LogP contribution is -1.93. The molecule has 0 fully saturated rings. The molecule has 0 saturated carbocycles. The van der Waals surface area contributed by atoms with E-state index in [-0.39, 0.29) is 0 Å². The van der Waals surface area contributed by atoms with Gasteiger partial charge in [-0.05, 0) is 71.8 Å². The summed E-state index contributed by atoms with van der Waals surface area (Å²) in [6.07, 6.45) is 3.09. The number of benzene rings is 3. The van der Waals surface area contributed by atoms with Crippen LogP contribution in [-0.4, -0.2) is 27.3 Å². The lowest BCUT2D eigenvalue weighted by molar-refractivity contribution is -0.134. The second kappa shape index (κ2) is 9.58. The minimum Gasteiger partial charge on any atom is -0.497 e. The first kappa shape index (κ1) is 21.5. The number of fused-ring (bicyclic) bond motifs is 1. The fourth-order valence-corrected chi connectivity index (χ4v) is 4.38. The topological polar surface area (TPSA) is 54.0 Å². The first-order valence-electron chi connectivity index (χ1n) is 9.90. The molecule has 0 atom stereocenters. The van der Waals surface area contributed by atoms with Gasteiger partial charge in [0.15, 0.2) is 5.75 Å². The number of esters is 1. The summed E-state index contributed by atoms with van der Waals surface area (Å²) in [6, 6.07) is 21.4. The van der Waals surface area contributed by atoms with E-state index >= 15 is 0 Å². The number of carbonyl (C=O) groups excluding carboxylic acids is 1. The predicted molar refractivity (Wildman–Crippen MR) is 128 cm³/mol. The molecule has 4 aromatic rings. The minimum atomic E-state index is -0.394. The SMILES string of the molecule is COC(=O)C=Cc1ccc(Oc2c(-c3ccc(OC)cc3)sc3cc(OC)ccc23)cc1. The van der Waals surface area contributed by atoms with Crippen molar-refractivity contribution in [2.24, 2.45) is 0 Å². The highest BCUT2D eigenvalue weighted by Gasteiger charge is 2.17. The molecule has 0 aliphatic rings. The highest BCUT2D eigenvalue weighted by Crippen LogP contribution is 2.47. The third kappa shape index (κ3) is 4.60. The largest absolute Gasteiger partial charge is 0.497 e. The Morgan fingerprint density at radius 2 is 1.47 bits per heavy atom. The van der Waals surface area contributed by atoms with Crippen LogP contribution in [0.1, 0.15) is 5.56 Å². The van der Waals surface area contributed by atoms with Crippen LogP contribution in [0.4, 0.5) is 0 Å². The minimum absolute atomic E-state index is 0.394. The lowest BCUT2D eigenvalue weighted by atomic mass is 10.1. The Morgan fingerprint density at radius 1 is 0.812 bits per heavy atom. The number of hydrogen-bond acceptors (Lipinski definition) is 6. The summed E-state index contributed by atoms with van der Waals surface area (Å²) in [4.78, 5) is 12.3. The second-order valence-electron chi connectivity index (χ2n) is 6.88. The summed E-state index contributed by atoms with van der Waals surface area (Å²) in [5.74, 6) is 2.69. The van der Waals surface area contributed by atoms with Gasteiger partial charge in [0.05, 0.1) is 26.2 Å². The van der Waals surface area contributed by atoms with E-state index in [0.29, 0.717) is 5.75 Å². The van der Waals surface area contributed by atoms with Gasteiger partial charge in [0.25, 0.3) is 0 Å². The molecule has 1 heterocycles. The Hall–Kier alpha value is -3.77. The van der Waals surface area contributed by atoms with Gasteiger partial charge < -0.3 is 18.9 Å². The number of thiophene rings is 1. The molecule has 5 nitrogen and oxygen atoms in total. The number of rotatable bonds is 7. The Bertz CT molecular complexity index is 1250. The third-order valence-electron chi connectivity index (χ3n) is 4.92. The van der Waals surface area contributed by atoms with Gasteiger partial charge in [-0.3, -0.25) is 0 Å². The molecule has 0 saturated heterocycles. The van der Waals surface area contributed by atoms with Crippen molar-refractivity contribution < 1.29 is 23.7 Å². The summed E-state index contributed by atoms with van der Waals surface area (Å²) in [7, 11) is 4.66. The van der Waals surface area contributed by atoms with E-state index in [1.807, 2.05) is 66.7 Å². The molecule has 1 aromatic heterocycles. The van der Waals surface area contributed by atoms with Crippen LogP contribution in [0, 0.1) is 0 Å². The predicted octanol–water partition coefficient (Wildman–Crippen LogP) is 6.56. The first-order chi connectivity index (χ1) is 15.6. The number of carbonyl (C=O) groups is 1. The molecule has 6 heteroatoms. The van der Waals surface area contributed by atoms with Crippen molar-refractivity contribution in [1.82, 2.24) is 0 Å². The first-order valence-corrected chi connectivity index (χ1v) is 10.7. The number of methoxy groups -OCH3 is 3. The standard InChI is InChI=1S/C26H22O5S/c1-28-19-11-7-18(8-12-19)26-25(22-14-13-21(29-2)16-23(22)32-26)31-20-9-4-17(5-10-20)6-15-24(27)30-3/h4-16H,1-3H3. The van der Waals surface area contributed by atoms with Crippen LogP contribution in [-0.2, 0) is 9.53 Å². The molecule has 0 spiro atoms. The zero-order valence-electron chi connectivity index (χ0n) is 18.0. The van der Waals surface area contributed by atoms with Crippen molar-refractivity contribution in [3.8, 4) is 33.4 Å². The van der Waals surface area contributed by atoms with E-state index in [4.69, 9.17) is 14.2 Å². The lowest BCUT2D eigenvalue weighted by Gasteiger charge is -2.09. The van der Waals surface area contributed by atoms with Crippen molar-refractivity contribution in [2.45, 2.75) is 0 Å². The van der Waals surface area contributed by atoms with Gasteiger partial charge in [0.1, 0.15) is 17.2 Å². The summed E-state index contributed by atoms with van der Waals surface area (Å²) < 4.78 is 22.8. The van der Waals surface area contributed by atoms with Gasteiger partial charge in [-0.1, -0.05) is 12.1 Å². The van der Waals surface area contributed by atoms with Gasteiger partial charge in [0, 0.05) is 16.2 Å². The molecule has 0 unspecified atom stereocenters. The second-order valence-corrected chi connectivity index (χ2v) is 7.93. The van der Waals surface area contributed by atoms with E-state index in [9.17, 15) is 4.79 Å². The molecule has 162 valence electrons. The van der Waals surface area contributed by atoms with Crippen molar-refractivity contribution in [3.05, 3.63) is 78.4 Å². The van der Waals surface area contributed by atoms with Crippen LogP contribution in [0.25, 0.3) is 26.6 Å². The fourth-order valence-electron chi connectivity index (χ4n) is 3.21. The Morgan fingerprint density at radius 3 is 2.12 bits per heavy atom. The molecule has 3 aromatic carbocycles. The van der Waals surface area contributed by atoms with E-state index < -0.39 is 5.97 Å². The molecule has 0 aliphatic heterocycles. The van der Waals surface area contributed by atoms with Gasteiger partial charge in [-0.25, -0.2) is 4.79 Å². The number of hydrogen-bond donors (Lipinski definition) is 0. The quantitative estimate of drug-likeness (QED) is 0.238. The van der Waals surface area contributed by atoms with Crippen molar-refractivity contribution in [1.29, 1.82) is 0 Å². The zero-order valence-corrected chi connectivity index (χ0v) is 18.8. The van der Waals surface area contributed by atoms with E-state index in [1.165, 1.54) is 13.2 Å². The Labute approximate surface area is 190 Å². The summed E-state index contributed by atoms with van der Waals surface area (Å²) in [6.45, 7) is 0. The molecule has 0 aliphatic carbocycles. The Kier molecular flexibility index (Phi) is 6.42. The van der Waals surface area contributed by atoms with Crippen LogP contribution < -0.4 is 14.2 Å². The van der Waals surface area contributed by atoms with E-state index in [0.717, 1.165) is 43.3 Å². The van der Waals surface area contributed by atoms with Crippen molar-refractivity contribution in [2.75, 3.05) is 21.3 Å². The number of ether oxygens (including phenoxy) is 4. The van der Waals surface area contributed by atoms with Crippen LogP contribution in [0.2, 0.25) is 0 Å². The molecule has 4 rings (SSSR count). The molecular weight excluding hydrogens is 424 g/mol. The van der Waals surface area contributed by atoms with Gasteiger partial charge in [0.2, 0.25) is 0 Å². The molecule has 0 N–H and O–H groups in total. The normalized spacial score (nSPS) is 11.0. The van der Waals surface area contributed by atoms with E-state index in [2.05, 4.69) is 4.74 Å². The summed E-state index contributed by atoms with van der Waals surface area (Å²) in [5.41, 5.74) is 1.91. The third-order valence-corrected chi connectivity index (χ3v) is 6.10. The van der Waals surface area contributed by atoms with Crippen molar-refractivity contribution >= 4 is 33.5 Å². The maximum atomic E-state index is 11.3. The molecule has 0 bridgehead atoms. The van der Waals surface area contributed by atoms with E-state index in [1.54, 1.807) is 31.6 Å². The van der Waals surface area contributed by atoms with Gasteiger partial charge in [-0.2, -0.15) is 0 Å². The van der Waals surface area contributed by atoms with Crippen molar-refractivity contribution in [3.63, 3.8) is 0 Å². The monoisotopic (exact) mass is 446 g/mol. The maximum absolute atomic E-state index is 11.3. The van der Waals surface area contributed by atoms with Crippen LogP contribution in [0.5, 0.6) is 23.0 Å². The van der Waals surface area contributed by atoms with Gasteiger partial charge >= 0.3 is 5.97 Å². The fraction of sp³-hybridized carbons (Fsp3) is 0.115. The van der Waals surface area contributed by atoms with Crippen LogP contribution >= 0.6 is 11.3 Å². The average molecular weight is 447 g/mol. The maximum Gasteiger partial charge on any atom is 0.330 e. The average Bonchev–Trinajstić information content (AvgIpc) is 3.20. The van der Waals surface area contributed by atoms with Gasteiger partial charge in [-0.15, -0.1) is 11.3 Å². The Balaban J connectivity index is 1.71. The van der Waals surface area contributed by atoms with Crippen LogP contribution in [0.15, 0.2) is 72.8 Å². The molecule has 0 amide bonds. The highest BCUT2D eigenvalue weighted by atomic mass is 32.1. The molecular formula is C26H22O5S. The summed E-state index contributed by atoms with van der Waals surface area (Å²) >= 11 is 1.65. The van der Waals surface area contributed by atoms with Crippen LogP contribution in [0.3, 0.4) is 0 Å². The molecule has 32 heavy (non-hydrogen) atoms.